The summed E-state index contributed by atoms with van der Waals surface area (Å²) < 4.78 is 21.3. The van der Waals surface area contributed by atoms with Crippen LogP contribution in [0.5, 0.6) is 5.75 Å². The minimum Gasteiger partial charge on any atom is -0.497 e. The minimum atomic E-state index is -1.23. The number of carboxylic acid groups (broad SMARTS) is 1. The molecule has 2 fully saturated rings. The average Bonchev–Trinajstić information content (AvgIpc) is 3.78. The summed E-state index contributed by atoms with van der Waals surface area (Å²) in [6, 6.07) is 12.2. The number of methoxy groups -OCH3 is 1. The molecule has 0 atom stereocenters. The molecule has 0 bridgehead atoms. The van der Waals surface area contributed by atoms with Gasteiger partial charge < -0.3 is 14.7 Å². The molecule has 9 heteroatoms. The Labute approximate surface area is 209 Å². The fourth-order valence-corrected chi connectivity index (χ4v) is 6.11. The molecule has 1 N–H and O–H groups in total. The third kappa shape index (κ3) is 3.31. The summed E-state index contributed by atoms with van der Waals surface area (Å²) in [4.78, 5) is 27.7. The summed E-state index contributed by atoms with van der Waals surface area (Å²) in [6.07, 6.45) is 3.76. The third-order valence-electron chi connectivity index (χ3n) is 7.66. The lowest BCUT2D eigenvalue weighted by atomic mass is 9.88. The van der Waals surface area contributed by atoms with Crippen LogP contribution in [0.15, 0.2) is 42.5 Å². The SMILES string of the molecule is COc1ccc(-n2nc(C(=O)O)c3c2C(=O)N(c2ccc(C4(CBr)CC4)cc2)CC32CC2)c(F)c1. The Morgan fingerprint density at radius 2 is 1.89 bits per heavy atom. The van der Waals surface area contributed by atoms with Crippen molar-refractivity contribution in [2.24, 2.45) is 0 Å². The van der Waals surface area contributed by atoms with Crippen LogP contribution >= 0.6 is 15.9 Å². The number of carbonyl (C=O) groups excluding carboxylic acids is 1. The van der Waals surface area contributed by atoms with Gasteiger partial charge in [0.05, 0.1) is 7.11 Å². The van der Waals surface area contributed by atoms with Gasteiger partial charge in [-0.05, 0) is 55.5 Å². The first-order valence-corrected chi connectivity index (χ1v) is 12.6. The van der Waals surface area contributed by atoms with E-state index in [4.69, 9.17) is 4.74 Å². The van der Waals surface area contributed by atoms with E-state index in [1.54, 1.807) is 11.0 Å². The van der Waals surface area contributed by atoms with E-state index in [9.17, 15) is 14.7 Å². The molecule has 1 aromatic heterocycles. The number of anilines is 1. The number of hydrogen-bond donors (Lipinski definition) is 1. The number of amides is 1. The van der Waals surface area contributed by atoms with Gasteiger partial charge in [0.1, 0.15) is 17.1 Å². The van der Waals surface area contributed by atoms with Crippen molar-refractivity contribution < 1.29 is 23.8 Å². The van der Waals surface area contributed by atoms with Crippen LogP contribution in [0.4, 0.5) is 10.1 Å². The molecule has 7 nitrogen and oxygen atoms in total. The predicted molar refractivity (Wildman–Crippen MR) is 131 cm³/mol. The standard InChI is InChI=1S/C26H23BrFN3O4/c1-35-17-6-7-19(18(28)12-17)31-22-20(21(29-31)24(33)34)26(10-11-26)14-30(23(22)32)16-4-2-15(3-5-16)25(13-27)8-9-25/h2-7,12H,8-11,13-14H2,1H3,(H,33,34). The molecule has 0 unspecified atom stereocenters. The lowest BCUT2D eigenvalue weighted by molar-refractivity contribution is 0.0688. The number of ether oxygens (including phenoxy) is 1. The second-order valence-electron chi connectivity index (χ2n) is 9.74. The average molecular weight is 540 g/mol. The van der Waals surface area contributed by atoms with Gasteiger partial charge >= 0.3 is 5.97 Å². The first-order valence-electron chi connectivity index (χ1n) is 11.5. The maximum atomic E-state index is 15.0. The van der Waals surface area contributed by atoms with Crippen molar-refractivity contribution >= 4 is 33.5 Å². The number of alkyl halides is 1. The smallest absolute Gasteiger partial charge is 0.356 e. The molecule has 3 aliphatic rings. The highest BCUT2D eigenvalue weighted by atomic mass is 79.9. The summed E-state index contributed by atoms with van der Waals surface area (Å²) in [6.45, 7) is 0.374. The number of aromatic nitrogens is 2. The molecule has 2 aliphatic carbocycles. The van der Waals surface area contributed by atoms with Crippen LogP contribution in [-0.4, -0.2) is 45.7 Å². The van der Waals surface area contributed by atoms with Gasteiger partial charge in [-0.3, -0.25) is 4.79 Å². The van der Waals surface area contributed by atoms with Crippen molar-refractivity contribution in [2.45, 2.75) is 36.5 Å². The van der Waals surface area contributed by atoms with Gasteiger partial charge in [0.2, 0.25) is 0 Å². The van der Waals surface area contributed by atoms with Crippen LogP contribution < -0.4 is 9.64 Å². The molecule has 0 radical (unpaired) electrons. The quantitative estimate of drug-likeness (QED) is 0.453. The molecule has 6 rings (SSSR count). The van der Waals surface area contributed by atoms with Crippen molar-refractivity contribution in [2.75, 3.05) is 23.9 Å². The lowest BCUT2D eigenvalue weighted by Gasteiger charge is -2.33. The number of aromatic carboxylic acids is 1. The lowest BCUT2D eigenvalue weighted by Crippen LogP contribution is -2.44. The Hall–Kier alpha value is -3.20. The highest BCUT2D eigenvalue weighted by Crippen LogP contribution is 2.55. The fourth-order valence-electron chi connectivity index (χ4n) is 5.22. The Bertz CT molecular complexity index is 1380. The molecule has 0 saturated heterocycles. The number of benzene rings is 2. The second kappa shape index (κ2) is 7.65. The Balaban J connectivity index is 1.47. The monoisotopic (exact) mass is 539 g/mol. The number of carboxylic acids is 1. The number of hydrogen-bond acceptors (Lipinski definition) is 4. The summed E-state index contributed by atoms with van der Waals surface area (Å²) in [5.74, 6) is -1.96. The Kier molecular flexibility index (Phi) is 4.87. The molecule has 180 valence electrons. The normalized spacial score (nSPS) is 18.9. The van der Waals surface area contributed by atoms with Crippen LogP contribution in [0.3, 0.4) is 0 Å². The topological polar surface area (TPSA) is 84.7 Å². The van der Waals surface area contributed by atoms with E-state index in [-0.39, 0.29) is 28.4 Å². The van der Waals surface area contributed by atoms with Gasteiger partial charge in [-0.25, -0.2) is 13.9 Å². The van der Waals surface area contributed by atoms with E-state index in [1.807, 2.05) is 12.1 Å². The predicted octanol–water partition coefficient (Wildman–Crippen LogP) is 4.84. The zero-order valence-electron chi connectivity index (χ0n) is 19.1. The number of rotatable bonds is 6. The van der Waals surface area contributed by atoms with Crippen molar-refractivity contribution in [1.82, 2.24) is 9.78 Å². The highest BCUT2D eigenvalue weighted by molar-refractivity contribution is 9.09. The van der Waals surface area contributed by atoms with Crippen LogP contribution in [0.1, 0.15) is 57.8 Å². The molecular weight excluding hydrogens is 517 g/mol. The van der Waals surface area contributed by atoms with E-state index < -0.39 is 17.2 Å². The first kappa shape index (κ1) is 22.3. The Morgan fingerprint density at radius 3 is 2.43 bits per heavy atom. The first-order chi connectivity index (χ1) is 16.8. The van der Waals surface area contributed by atoms with Crippen LogP contribution in [-0.2, 0) is 10.8 Å². The maximum Gasteiger partial charge on any atom is 0.356 e. The van der Waals surface area contributed by atoms with Crippen molar-refractivity contribution in [1.29, 1.82) is 0 Å². The zero-order chi connectivity index (χ0) is 24.5. The van der Waals surface area contributed by atoms with E-state index >= 15 is 4.39 Å². The third-order valence-corrected chi connectivity index (χ3v) is 8.74. The fraction of sp³-hybridized carbons (Fsp3) is 0.346. The number of halogens is 2. The molecule has 1 amide bonds. The van der Waals surface area contributed by atoms with Gasteiger partial charge in [0, 0.05) is 40.0 Å². The van der Waals surface area contributed by atoms with Gasteiger partial charge in [-0.15, -0.1) is 0 Å². The number of fused-ring (bicyclic) bond motifs is 2. The van der Waals surface area contributed by atoms with Crippen LogP contribution in [0.25, 0.3) is 5.69 Å². The summed E-state index contributed by atoms with van der Waals surface area (Å²) in [7, 11) is 1.43. The molecule has 1 spiro atoms. The molecule has 1 aliphatic heterocycles. The molecule has 2 saturated carbocycles. The molecule has 2 aromatic carbocycles. The number of nitrogens with zero attached hydrogens (tertiary/aromatic N) is 3. The van der Waals surface area contributed by atoms with E-state index in [1.165, 1.54) is 24.8 Å². The minimum absolute atomic E-state index is 0.00361. The molecule has 3 aromatic rings. The van der Waals surface area contributed by atoms with E-state index in [2.05, 4.69) is 33.2 Å². The summed E-state index contributed by atoms with van der Waals surface area (Å²) in [5.41, 5.74) is 1.99. The van der Waals surface area contributed by atoms with Crippen molar-refractivity contribution in [3.05, 3.63) is 70.8 Å². The molecular formula is C26H23BrFN3O4. The van der Waals surface area contributed by atoms with Gasteiger partial charge in [0.15, 0.2) is 11.5 Å². The summed E-state index contributed by atoms with van der Waals surface area (Å²) >= 11 is 3.61. The zero-order valence-corrected chi connectivity index (χ0v) is 20.6. The van der Waals surface area contributed by atoms with Crippen molar-refractivity contribution in [3.63, 3.8) is 0 Å². The van der Waals surface area contributed by atoms with Crippen molar-refractivity contribution in [3.8, 4) is 11.4 Å². The second-order valence-corrected chi connectivity index (χ2v) is 10.3. The molecule has 2 heterocycles. The van der Waals surface area contributed by atoms with Gasteiger partial charge in [-0.2, -0.15) is 5.10 Å². The van der Waals surface area contributed by atoms with Crippen LogP contribution in [0, 0.1) is 5.82 Å². The molecule has 35 heavy (non-hydrogen) atoms. The number of carbonyl (C=O) groups is 2. The van der Waals surface area contributed by atoms with E-state index in [0.717, 1.165) is 41.4 Å². The van der Waals surface area contributed by atoms with Crippen LogP contribution in [0.2, 0.25) is 0 Å². The highest BCUT2D eigenvalue weighted by Gasteiger charge is 2.56. The van der Waals surface area contributed by atoms with E-state index in [0.29, 0.717) is 17.9 Å². The largest absolute Gasteiger partial charge is 0.497 e. The maximum absolute atomic E-state index is 15.0. The van der Waals surface area contributed by atoms with Gasteiger partial charge in [-0.1, -0.05) is 28.1 Å². The van der Waals surface area contributed by atoms with Gasteiger partial charge in [0.25, 0.3) is 5.91 Å². The Morgan fingerprint density at radius 1 is 1.17 bits per heavy atom. The summed E-state index contributed by atoms with van der Waals surface area (Å²) in [5, 5.41) is 15.0.